The van der Waals surface area contributed by atoms with Crippen LogP contribution in [0, 0.1) is 0 Å². The van der Waals surface area contributed by atoms with Crippen LogP contribution in [0.1, 0.15) is 18.0 Å². The van der Waals surface area contributed by atoms with Gasteiger partial charge in [0.2, 0.25) is 5.89 Å². The van der Waals surface area contributed by atoms with Crippen LogP contribution < -0.4 is 5.32 Å². The molecule has 1 heterocycles. The molecule has 68 valence electrons. The maximum atomic E-state index is 8.57. The van der Waals surface area contributed by atoms with Crippen molar-refractivity contribution in [2.75, 3.05) is 13.7 Å². The van der Waals surface area contributed by atoms with E-state index in [0.29, 0.717) is 12.4 Å². The lowest BCUT2D eigenvalue weighted by Crippen LogP contribution is -2.05. The monoisotopic (exact) mass is 170 g/mol. The maximum Gasteiger partial charge on any atom is 0.208 e. The van der Waals surface area contributed by atoms with Crippen molar-refractivity contribution in [3.63, 3.8) is 0 Å². The van der Waals surface area contributed by atoms with Gasteiger partial charge >= 0.3 is 0 Å². The zero-order valence-corrected chi connectivity index (χ0v) is 7.21. The lowest BCUT2D eigenvalue weighted by Gasteiger charge is -1.90. The molecular formula is C8H14N2O2. The molecule has 1 aromatic heterocycles. The number of aryl methyl sites for hydroxylation is 1. The fraction of sp³-hybridized carbons (Fsp3) is 0.625. The summed E-state index contributed by atoms with van der Waals surface area (Å²) in [6.45, 7) is 0.855. The molecular weight excluding hydrogens is 156 g/mol. The first-order chi connectivity index (χ1) is 5.86. The van der Waals surface area contributed by atoms with Crippen molar-refractivity contribution in [3.05, 3.63) is 17.8 Å². The number of nitrogens with zero attached hydrogens (tertiary/aromatic N) is 1. The molecule has 0 spiro atoms. The molecule has 12 heavy (non-hydrogen) atoms. The molecule has 0 atom stereocenters. The van der Waals surface area contributed by atoms with Gasteiger partial charge in [-0.1, -0.05) is 0 Å². The first kappa shape index (κ1) is 9.22. The highest BCUT2D eigenvalue weighted by atomic mass is 16.3. The van der Waals surface area contributed by atoms with Crippen molar-refractivity contribution in [3.8, 4) is 0 Å². The van der Waals surface area contributed by atoms with Crippen molar-refractivity contribution in [1.82, 2.24) is 10.3 Å². The molecule has 1 rings (SSSR count). The summed E-state index contributed by atoms with van der Waals surface area (Å²) in [5.74, 6) is 0.699. The Labute approximate surface area is 71.6 Å². The first-order valence-electron chi connectivity index (χ1n) is 4.05. The zero-order valence-electron chi connectivity index (χ0n) is 7.21. The predicted octanol–water partition coefficient (Wildman–Crippen LogP) is 0.319. The molecule has 2 N–H and O–H groups in total. The van der Waals surface area contributed by atoms with Crippen LogP contribution in [0.5, 0.6) is 0 Å². The van der Waals surface area contributed by atoms with Gasteiger partial charge in [0.15, 0.2) is 0 Å². The minimum atomic E-state index is 0.203. The molecule has 0 aliphatic rings. The second kappa shape index (κ2) is 4.90. The van der Waals surface area contributed by atoms with Crippen LogP contribution in [0.3, 0.4) is 0 Å². The molecule has 0 aromatic carbocycles. The van der Waals surface area contributed by atoms with Crippen LogP contribution in [-0.4, -0.2) is 23.7 Å². The Bertz CT molecular complexity index is 223. The third-order valence-corrected chi connectivity index (χ3v) is 1.52. The number of hydrogen-bond acceptors (Lipinski definition) is 4. The number of aliphatic hydroxyl groups excluding tert-OH is 1. The van der Waals surface area contributed by atoms with E-state index in [0.717, 1.165) is 18.5 Å². The summed E-state index contributed by atoms with van der Waals surface area (Å²) in [6, 6.07) is 0. The van der Waals surface area contributed by atoms with Gasteiger partial charge in [-0.2, -0.15) is 0 Å². The first-order valence-corrected chi connectivity index (χ1v) is 4.05. The Morgan fingerprint density at radius 1 is 1.67 bits per heavy atom. The Balaban J connectivity index is 2.41. The summed E-state index contributed by atoms with van der Waals surface area (Å²) in [6.07, 6.45) is 3.16. The highest BCUT2D eigenvalue weighted by molar-refractivity contribution is 4.96. The number of oxazole rings is 1. The number of aromatic nitrogens is 1. The van der Waals surface area contributed by atoms with Crippen molar-refractivity contribution >= 4 is 0 Å². The van der Waals surface area contributed by atoms with Gasteiger partial charge < -0.3 is 14.8 Å². The van der Waals surface area contributed by atoms with Crippen LogP contribution in [0.25, 0.3) is 0 Å². The molecule has 0 aliphatic heterocycles. The normalized spacial score (nSPS) is 10.5. The third-order valence-electron chi connectivity index (χ3n) is 1.52. The average Bonchev–Trinajstić information content (AvgIpc) is 2.50. The fourth-order valence-corrected chi connectivity index (χ4v) is 0.956. The van der Waals surface area contributed by atoms with Crippen molar-refractivity contribution < 1.29 is 9.52 Å². The van der Waals surface area contributed by atoms with Crippen LogP contribution >= 0.6 is 0 Å². The second-order valence-corrected chi connectivity index (χ2v) is 2.59. The van der Waals surface area contributed by atoms with Gasteiger partial charge in [0.25, 0.3) is 0 Å². The van der Waals surface area contributed by atoms with E-state index in [1.807, 2.05) is 7.05 Å². The molecule has 0 radical (unpaired) electrons. The van der Waals surface area contributed by atoms with E-state index < -0.39 is 0 Å². The SMILES string of the molecule is CNCc1nc(CCCO)co1. The zero-order chi connectivity index (χ0) is 8.81. The Kier molecular flexibility index (Phi) is 3.76. The lowest BCUT2D eigenvalue weighted by molar-refractivity contribution is 0.288. The fourth-order valence-electron chi connectivity index (χ4n) is 0.956. The van der Waals surface area contributed by atoms with E-state index in [2.05, 4.69) is 10.3 Å². The summed E-state index contributed by atoms with van der Waals surface area (Å²) < 4.78 is 5.15. The molecule has 4 nitrogen and oxygen atoms in total. The van der Waals surface area contributed by atoms with Gasteiger partial charge in [0, 0.05) is 6.61 Å². The second-order valence-electron chi connectivity index (χ2n) is 2.59. The number of aliphatic hydroxyl groups is 1. The number of rotatable bonds is 5. The Morgan fingerprint density at radius 2 is 2.50 bits per heavy atom. The highest BCUT2D eigenvalue weighted by Gasteiger charge is 2.01. The van der Waals surface area contributed by atoms with E-state index in [1.54, 1.807) is 6.26 Å². The Hall–Kier alpha value is -0.870. The van der Waals surface area contributed by atoms with E-state index in [1.165, 1.54) is 0 Å². The minimum Gasteiger partial charge on any atom is -0.447 e. The summed E-state index contributed by atoms with van der Waals surface area (Å²) >= 11 is 0. The molecule has 0 saturated heterocycles. The van der Waals surface area contributed by atoms with Crippen molar-refractivity contribution in [1.29, 1.82) is 0 Å². The molecule has 0 saturated carbocycles. The van der Waals surface area contributed by atoms with Gasteiger partial charge in [-0.25, -0.2) is 4.98 Å². The van der Waals surface area contributed by atoms with Gasteiger partial charge in [-0.15, -0.1) is 0 Å². The predicted molar refractivity (Wildman–Crippen MR) is 44.7 cm³/mol. The van der Waals surface area contributed by atoms with Crippen LogP contribution in [0.15, 0.2) is 10.7 Å². The number of hydrogen-bond donors (Lipinski definition) is 2. The molecule has 0 unspecified atom stereocenters. The molecule has 1 aromatic rings. The van der Waals surface area contributed by atoms with Gasteiger partial charge in [-0.3, -0.25) is 0 Å². The summed E-state index contributed by atoms with van der Waals surface area (Å²) in [7, 11) is 1.84. The third kappa shape index (κ3) is 2.64. The van der Waals surface area contributed by atoms with E-state index in [4.69, 9.17) is 9.52 Å². The van der Waals surface area contributed by atoms with E-state index in [-0.39, 0.29) is 6.61 Å². The smallest absolute Gasteiger partial charge is 0.208 e. The van der Waals surface area contributed by atoms with Gasteiger partial charge in [0.1, 0.15) is 6.26 Å². The average molecular weight is 170 g/mol. The van der Waals surface area contributed by atoms with E-state index >= 15 is 0 Å². The highest BCUT2D eigenvalue weighted by Crippen LogP contribution is 2.03. The van der Waals surface area contributed by atoms with Gasteiger partial charge in [-0.05, 0) is 19.9 Å². The molecule has 4 heteroatoms. The molecule has 0 bridgehead atoms. The summed E-state index contributed by atoms with van der Waals surface area (Å²) in [5.41, 5.74) is 0.911. The topological polar surface area (TPSA) is 58.3 Å². The van der Waals surface area contributed by atoms with Crippen molar-refractivity contribution in [2.24, 2.45) is 0 Å². The lowest BCUT2D eigenvalue weighted by atomic mass is 10.3. The standard InChI is InChI=1S/C8H14N2O2/c1-9-5-8-10-7(6-12-8)3-2-4-11/h6,9,11H,2-5H2,1H3. The maximum absolute atomic E-state index is 8.57. The number of nitrogens with one attached hydrogen (secondary N) is 1. The molecule has 0 amide bonds. The van der Waals surface area contributed by atoms with Crippen LogP contribution in [0.4, 0.5) is 0 Å². The van der Waals surface area contributed by atoms with Crippen LogP contribution in [0.2, 0.25) is 0 Å². The quantitative estimate of drug-likeness (QED) is 0.668. The minimum absolute atomic E-state index is 0.203. The molecule has 0 aliphatic carbocycles. The van der Waals surface area contributed by atoms with Gasteiger partial charge in [0.05, 0.1) is 12.2 Å². The Morgan fingerprint density at radius 3 is 3.17 bits per heavy atom. The van der Waals surface area contributed by atoms with E-state index in [9.17, 15) is 0 Å². The molecule has 0 fully saturated rings. The van der Waals surface area contributed by atoms with Crippen molar-refractivity contribution in [2.45, 2.75) is 19.4 Å². The van der Waals surface area contributed by atoms with Crippen LogP contribution in [-0.2, 0) is 13.0 Å². The largest absolute Gasteiger partial charge is 0.447 e. The summed E-state index contributed by atoms with van der Waals surface area (Å²) in [4.78, 5) is 4.20. The summed E-state index contributed by atoms with van der Waals surface area (Å²) in [5, 5.41) is 11.5.